The van der Waals surface area contributed by atoms with Gasteiger partial charge in [0.2, 0.25) is 5.91 Å². The number of non-ortho nitro benzene ring substituents is 1. The lowest BCUT2D eigenvalue weighted by molar-refractivity contribution is -0.384. The molecule has 0 saturated carbocycles. The molecule has 1 amide bonds. The molecule has 3 rings (SSSR count). The molecule has 2 aliphatic rings. The highest BCUT2D eigenvalue weighted by molar-refractivity contribution is 5.85. The first-order valence-corrected chi connectivity index (χ1v) is 8.64. The van der Waals surface area contributed by atoms with E-state index in [-0.39, 0.29) is 24.0 Å². The Morgan fingerprint density at radius 3 is 2.44 bits per heavy atom. The number of anilines is 1. The van der Waals surface area contributed by atoms with Gasteiger partial charge in [-0.25, -0.2) is 0 Å². The maximum atomic E-state index is 12.0. The maximum Gasteiger partial charge on any atom is 0.269 e. The Balaban J connectivity index is 0.00000225. The molecule has 2 aliphatic heterocycles. The number of nitro benzene ring substituents is 1. The normalized spacial score (nSPS) is 24.2. The lowest BCUT2D eigenvalue weighted by Gasteiger charge is -2.29. The summed E-state index contributed by atoms with van der Waals surface area (Å²) in [7, 11) is 0. The highest BCUT2D eigenvalue weighted by Crippen LogP contribution is 2.26. The molecule has 0 radical (unpaired) electrons. The van der Waals surface area contributed by atoms with Gasteiger partial charge in [0.05, 0.1) is 4.92 Å². The van der Waals surface area contributed by atoms with Gasteiger partial charge in [-0.15, -0.1) is 12.4 Å². The van der Waals surface area contributed by atoms with Crippen molar-refractivity contribution in [1.29, 1.82) is 0 Å². The number of benzene rings is 1. The molecule has 2 bridgehead atoms. The standard InChI is InChI=1S/C17H24N4O3.ClH/c22-17(20-15-10-13-3-4-14(11-15)19-13)2-1-9-18-12-5-7-16(8-6-12)21(23)24;/h5-8,13-15,18-19H,1-4,9-11H2,(H,20,22);1H. The van der Waals surface area contributed by atoms with Gasteiger partial charge in [0.1, 0.15) is 0 Å². The molecule has 2 heterocycles. The van der Waals surface area contributed by atoms with Crippen molar-refractivity contribution in [1.82, 2.24) is 10.6 Å². The number of fused-ring (bicyclic) bond motifs is 2. The SMILES string of the molecule is Cl.O=C(CCCNc1ccc([N+](=O)[O-])cc1)NC1CC2CCC(C1)N2. The minimum atomic E-state index is -0.416. The Bertz CT molecular complexity index is 584. The number of halogens is 1. The van der Waals surface area contributed by atoms with Crippen LogP contribution in [-0.4, -0.2) is 35.5 Å². The van der Waals surface area contributed by atoms with Crippen LogP contribution in [0.2, 0.25) is 0 Å². The van der Waals surface area contributed by atoms with Gasteiger partial charge in [-0.05, 0) is 44.2 Å². The first-order valence-electron chi connectivity index (χ1n) is 8.64. The molecule has 2 unspecified atom stereocenters. The smallest absolute Gasteiger partial charge is 0.269 e. The van der Waals surface area contributed by atoms with E-state index in [9.17, 15) is 14.9 Å². The van der Waals surface area contributed by atoms with Gasteiger partial charge in [0.25, 0.3) is 5.69 Å². The highest BCUT2D eigenvalue weighted by atomic mass is 35.5. The van der Waals surface area contributed by atoms with Gasteiger partial charge in [-0.1, -0.05) is 0 Å². The minimum absolute atomic E-state index is 0. The third-order valence-electron chi connectivity index (χ3n) is 4.83. The van der Waals surface area contributed by atoms with Crippen LogP contribution in [0.4, 0.5) is 11.4 Å². The molecule has 138 valence electrons. The van der Waals surface area contributed by atoms with E-state index in [0.29, 0.717) is 31.1 Å². The van der Waals surface area contributed by atoms with Gasteiger partial charge in [-0.3, -0.25) is 14.9 Å². The lowest BCUT2D eigenvalue weighted by atomic mass is 9.99. The molecule has 0 spiro atoms. The van der Waals surface area contributed by atoms with Crippen molar-refractivity contribution in [3.8, 4) is 0 Å². The number of carbonyl (C=O) groups excluding carboxylic acids is 1. The van der Waals surface area contributed by atoms with Crippen LogP contribution in [-0.2, 0) is 4.79 Å². The molecule has 7 nitrogen and oxygen atoms in total. The van der Waals surface area contributed by atoms with Crippen molar-refractivity contribution in [2.24, 2.45) is 0 Å². The second-order valence-electron chi connectivity index (χ2n) is 6.71. The fourth-order valence-corrected chi connectivity index (χ4v) is 3.66. The summed E-state index contributed by atoms with van der Waals surface area (Å²) in [4.78, 5) is 22.2. The Morgan fingerprint density at radius 1 is 1.20 bits per heavy atom. The van der Waals surface area contributed by atoms with E-state index < -0.39 is 4.92 Å². The zero-order valence-electron chi connectivity index (χ0n) is 14.1. The average molecular weight is 369 g/mol. The summed E-state index contributed by atoms with van der Waals surface area (Å²) in [5.74, 6) is 0.117. The van der Waals surface area contributed by atoms with Crippen molar-refractivity contribution in [2.45, 2.75) is 56.7 Å². The van der Waals surface area contributed by atoms with Crippen molar-refractivity contribution in [3.63, 3.8) is 0 Å². The number of nitrogens with one attached hydrogen (secondary N) is 3. The van der Waals surface area contributed by atoms with E-state index >= 15 is 0 Å². The van der Waals surface area contributed by atoms with E-state index in [1.165, 1.54) is 25.0 Å². The fourth-order valence-electron chi connectivity index (χ4n) is 3.66. The van der Waals surface area contributed by atoms with Crippen molar-refractivity contribution in [2.75, 3.05) is 11.9 Å². The maximum absolute atomic E-state index is 12.0. The van der Waals surface area contributed by atoms with Crippen molar-refractivity contribution in [3.05, 3.63) is 34.4 Å². The summed E-state index contributed by atoms with van der Waals surface area (Å²) in [6.45, 7) is 0.669. The monoisotopic (exact) mass is 368 g/mol. The topological polar surface area (TPSA) is 96.3 Å². The summed E-state index contributed by atoms with van der Waals surface area (Å²) >= 11 is 0. The summed E-state index contributed by atoms with van der Waals surface area (Å²) < 4.78 is 0. The average Bonchev–Trinajstić information content (AvgIpc) is 2.90. The predicted molar refractivity (Wildman–Crippen MR) is 99.2 cm³/mol. The summed E-state index contributed by atoms with van der Waals surface area (Å²) in [6.07, 6.45) is 5.79. The van der Waals surface area contributed by atoms with Crippen LogP contribution in [0.3, 0.4) is 0 Å². The first kappa shape index (κ1) is 19.5. The number of piperidine rings is 1. The molecule has 2 atom stereocenters. The number of nitro groups is 1. The molecule has 1 aromatic carbocycles. The summed E-state index contributed by atoms with van der Waals surface area (Å²) in [5, 5.41) is 20.5. The third kappa shape index (κ3) is 5.57. The molecule has 0 aromatic heterocycles. The molecular weight excluding hydrogens is 344 g/mol. The Hall–Kier alpha value is -1.86. The summed E-state index contributed by atoms with van der Waals surface area (Å²) in [6, 6.07) is 7.79. The van der Waals surface area contributed by atoms with Gasteiger partial charge >= 0.3 is 0 Å². The van der Waals surface area contributed by atoms with E-state index in [4.69, 9.17) is 0 Å². The van der Waals surface area contributed by atoms with Crippen LogP contribution in [0.15, 0.2) is 24.3 Å². The molecule has 8 heteroatoms. The van der Waals surface area contributed by atoms with Crippen molar-refractivity contribution < 1.29 is 9.72 Å². The molecule has 2 fully saturated rings. The van der Waals surface area contributed by atoms with E-state index in [1.54, 1.807) is 12.1 Å². The van der Waals surface area contributed by atoms with Crippen LogP contribution < -0.4 is 16.0 Å². The van der Waals surface area contributed by atoms with Gasteiger partial charge < -0.3 is 16.0 Å². The molecule has 3 N–H and O–H groups in total. The quantitative estimate of drug-likeness (QED) is 0.390. The van der Waals surface area contributed by atoms with Gasteiger partial charge in [-0.2, -0.15) is 0 Å². The molecular formula is C17H25ClN4O3. The number of hydrogen-bond acceptors (Lipinski definition) is 5. The van der Waals surface area contributed by atoms with Crippen LogP contribution in [0.5, 0.6) is 0 Å². The Morgan fingerprint density at radius 2 is 1.84 bits per heavy atom. The highest BCUT2D eigenvalue weighted by Gasteiger charge is 2.33. The van der Waals surface area contributed by atoms with Gasteiger partial charge in [0.15, 0.2) is 0 Å². The third-order valence-corrected chi connectivity index (χ3v) is 4.83. The predicted octanol–water partition coefficient (Wildman–Crippen LogP) is 2.61. The number of amides is 1. The lowest BCUT2D eigenvalue weighted by Crippen LogP contribution is -2.48. The van der Waals surface area contributed by atoms with Gasteiger partial charge in [0, 0.05) is 48.9 Å². The van der Waals surface area contributed by atoms with E-state index in [1.807, 2.05) is 0 Å². The number of hydrogen-bond donors (Lipinski definition) is 3. The number of rotatable bonds is 7. The van der Waals surface area contributed by atoms with Crippen LogP contribution in [0.25, 0.3) is 0 Å². The van der Waals surface area contributed by atoms with E-state index in [2.05, 4.69) is 16.0 Å². The van der Waals surface area contributed by atoms with Crippen LogP contribution in [0, 0.1) is 10.1 Å². The second kappa shape index (κ2) is 9.01. The Kier molecular flexibility index (Phi) is 7.01. The fraction of sp³-hybridized carbons (Fsp3) is 0.588. The molecule has 1 aromatic rings. The second-order valence-corrected chi connectivity index (χ2v) is 6.71. The molecule has 2 saturated heterocycles. The molecule has 25 heavy (non-hydrogen) atoms. The largest absolute Gasteiger partial charge is 0.385 e. The zero-order chi connectivity index (χ0) is 16.9. The number of nitrogens with zero attached hydrogens (tertiary/aromatic N) is 1. The minimum Gasteiger partial charge on any atom is -0.385 e. The number of carbonyl (C=O) groups is 1. The first-order chi connectivity index (χ1) is 11.6. The Labute approximate surface area is 153 Å². The summed E-state index contributed by atoms with van der Waals surface area (Å²) in [5.41, 5.74) is 0.909. The molecule has 0 aliphatic carbocycles. The zero-order valence-corrected chi connectivity index (χ0v) is 14.9. The van der Waals surface area contributed by atoms with Crippen LogP contribution in [0.1, 0.15) is 38.5 Å². The van der Waals surface area contributed by atoms with Crippen molar-refractivity contribution >= 4 is 29.7 Å². The van der Waals surface area contributed by atoms with Crippen LogP contribution >= 0.6 is 12.4 Å². The van der Waals surface area contributed by atoms with E-state index in [0.717, 1.165) is 24.9 Å².